The molecule has 2 nitrogen and oxygen atoms in total. The van der Waals surface area contributed by atoms with Crippen molar-refractivity contribution < 1.29 is 10.2 Å². The number of rotatable bonds is 0. The summed E-state index contributed by atoms with van der Waals surface area (Å²) in [6.07, 6.45) is 12.9. The average molecular weight is 264 g/mol. The lowest BCUT2D eigenvalue weighted by molar-refractivity contribution is 0.100. The molecule has 108 valence electrons. The van der Waals surface area contributed by atoms with Crippen molar-refractivity contribution >= 4 is 0 Å². The summed E-state index contributed by atoms with van der Waals surface area (Å²) in [7, 11) is 0. The molecular weight excluding hydrogens is 236 g/mol. The first-order chi connectivity index (χ1) is 8.89. The molecule has 0 aromatic heterocycles. The first kappa shape index (κ1) is 16.2. The van der Waals surface area contributed by atoms with E-state index in [1.807, 2.05) is 0 Å². The standard InChI is InChI=1S/C17H28O2/c1-14-6-4-7-15(2)9-10-16(18)11-13-17(3,19)12-5-8-14/h7-8,11,13,16,18-19H,4-6,9-10,12H2,1-3H3/b13-11+,14-8-,15-7-/t16-,17+/m0/s1. The molecule has 2 atom stereocenters. The van der Waals surface area contributed by atoms with Gasteiger partial charge < -0.3 is 10.2 Å². The van der Waals surface area contributed by atoms with Gasteiger partial charge in [0.1, 0.15) is 0 Å². The van der Waals surface area contributed by atoms with Crippen LogP contribution in [0.3, 0.4) is 0 Å². The van der Waals surface area contributed by atoms with Gasteiger partial charge in [-0.25, -0.2) is 0 Å². The van der Waals surface area contributed by atoms with E-state index in [-0.39, 0.29) is 0 Å². The van der Waals surface area contributed by atoms with Gasteiger partial charge in [-0.2, -0.15) is 0 Å². The SMILES string of the molecule is C/C1=C/CC[C@@](C)(O)/C=C/[C@@H](O)CC/C(C)=C\CC1. The van der Waals surface area contributed by atoms with E-state index in [1.54, 1.807) is 19.1 Å². The van der Waals surface area contributed by atoms with Crippen molar-refractivity contribution in [1.29, 1.82) is 0 Å². The van der Waals surface area contributed by atoms with Gasteiger partial charge in [-0.3, -0.25) is 0 Å². The van der Waals surface area contributed by atoms with Crippen molar-refractivity contribution in [2.24, 2.45) is 0 Å². The third-order valence-corrected chi connectivity index (χ3v) is 3.69. The summed E-state index contributed by atoms with van der Waals surface area (Å²) in [5.41, 5.74) is 1.90. The van der Waals surface area contributed by atoms with Crippen molar-refractivity contribution in [1.82, 2.24) is 0 Å². The van der Waals surface area contributed by atoms with Crippen LogP contribution < -0.4 is 0 Å². The normalized spacial score (nSPS) is 38.5. The molecule has 0 saturated carbocycles. The van der Waals surface area contributed by atoms with E-state index in [9.17, 15) is 10.2 Å². The molecule has 1 aliphatic rings. The van der Waals surface area contributed by atoms with Crippen LogP contribution in [-0.4, -0.2) is 21.9 Å². The number of aliphatic hydroxyl groups excluding tert-OH is 1. The lowest BCUT2D eigenvalue weighted by atomic mass is 9.96. The number of hydrogen-bond acceptors (Lipinski definition) is 2. The zero-order valence-corrected chi connectivity index (χ0v) is 12.5. The van der Waals surface area contributed by atoms with Crippen LogP contribution in [-0.2, 0) is 0 Å². The minimum absolute atomic E-state index is 0.463. The van der Waals surface area contributed by atoms with Gasteiger partial charge in [0.15, 0.2) is 0 Å². The van der Waals surface area contributed by atoms with E-state index in [0.29, 0.717) is 6.42 Å². The minimum Gasteiger partial charge on any atom is -0.389 e. The summed E-state index contributed by atoms with van der Waals surface area (Å²) in [4.78, 5) is 0. The fourth-order valence-corrected chi connectivity index (χ4v) is 2.23. The van der Waals surface area contributed by atoms with Crippen LogP contribution in [0.5, 0.6) is 0 Å². The highest BCUT2D eigenvalue weighted by atomic mass is 16.3. The molecule has 0 aromatic rings. The van der Waals surface area contributed by atoms with Crippen molar-refractivity contribution in [3.8, 4) is 0 Å². The molecule has 0 aliphatic heterocycles. The molecule has 0 heterocycles. The molecule has 0 radical (unpaired) electrons. The van der Waals surface area contributed by atoms with Crippen LogP contribution in [0.4, 0.5) is 0 Å². The van der Waals surface area contributed by atoms with Crippen LogP contribution >= 0.6 is 0 Å². The predicted octanol–water partition coefficient (Wildman–Crippen LogP) is 3.90. The van der Waals surface area contributed by atoms with Crippen LogP contribution in [0.2, 0.25) is 0 Å². The molecule has 0 saturated heterocycles. The van der Waals surface area contributed by atoms with Crippen molar-refractivity contribution in [3.05, 3.63) is 35.5 Å². The Bertz CT molecular complexity index is 361. The molecule has 2 heteroatoms. The Kier molecular flexibility index (Phi) is 6.53. The highest BCUT2D eigenvalue weighted by Gasteiger charge is 2.15. The van der Waals surface area contributed by atoms with E-state index in [0.717, 1.165) is 32.1 Å². The van der Waals surface area contributed by atoms with Gasteiger partial charge in [0, 0.05) is 0 Å². The Morgan fingerprint density at radius 3 is 2.47 bits per heavy atom. The Labute approximate surface area is 117 Å². The van der Waals surface area contributed by atoms with E-state index in [4.69, 9.17) is 0 Å². The van der Waals surface area contributed by atoms with E-state index >= 15 is 0 Å². The molecule has 0 bridgehead atoms. The smallest absolute Gasteiger partial charge is 0.0803 e. The summed E-state index contributed by atoms with van der Waals surface area (Å²) in [5, 5.41) is 20.1. The number of aliphatic hydroxyl groups is 2. The number of hydrogen-bond donors (Lipinski definition) is 2. The second-order valence-corrected chi connectivity index (χ2v) is 6.00. The molecule has 0 amide bonds. The topological polar surface area (TPSA) is 40.5 Å². The highest BCUT2D eigenvalue weighted by Crippen LogP contribution is 2.19. The van der Waals surface area contributed by atoms with E-state index in [2.05, 4.69) is 26.0 Å². The fraction of sp³-hybridized carbons (Fsp3) is 0.647. The average Bonchev–Trinajstić information content (AvgIpc) is 2.33. The van der Waals surface area contributed by atoms with E-state index in [1.165, 1.54) is 11.1 Å². The lowest BCUT2D eigenvalue weighted by Gasteiger charge is -2.19. The van der Waals surface area contributed by atoms with Crippen LogP contribution in [0.1, 0.15) is 59.3 Å². The maximum atomic E-state index is 10.2. The highest BCUT2D eigenvalue weighted by molar-refractivity contribution is 5.08. The summed E-state index contributed by atoms with van der Waals surface area (Å²) in [6, 6.07) is 0. The van der Waals surface area contributed by atoms with Crippen molar-refractivity contribution in [3.63, 3.8) is 0 Å². The van der Waals surface area contributed by atoms with Gasteiger partial charge >= 0.3 is 0 Å². The molecule has 0 spiro atoms. The van der Waals surface area contributed by atoms with Crippen LogP contribution in [0, 0.1) is 0 Å². The summed E-state index contributed by atoms with van der Waals surface area (Å²) >= 11 is 0. The monoisotopic (exact) mass is 264 g/mol. The predicted molar refractivity (Wildman–Crippen MR) is 81.0 cm³/mol. The third-order valence-electron chi connectivity index (χ3n) is 3.69. The quantitative estimate of drug-likeness (QED) is 0.651. The Hall–Kier alpha value is -0.860. The van der Waals surface area contributed by atoms with Crippen molar-refractivity contribution in [2.75, 3.05) is 0 Å². The summed E-state index contributed by atoms with van der Waals surface area (Å²) < 4.78 is 0. The zero-order valence-electron chi connectivity index (χ0n) is 12.5. The molecule has 0 unspecified atom stereocenters. The minimum atomic E-state index is -0.827. The third kappa shape index (κ3) is 7.34. The second-order valence-electron chi connectivity index (χ2n) is 6.00. The van der Waals surface area contributed by atoms with Crippen LogP contribution in [0.15, 0.2) is 35.5 Å². The maximum Gasteiger partial charge on any atom is 0.0803 e. The Morgan fingerprint density at radius 1 is 1.11 bits per heavy atom. The zero-order chi connectivity index (χ0) is 14.3. The lowest BCUT2D eigenvalue weighted by Crippen LogP contribution is -2.21. The molecule has 1 rings (SSSR count). The fourth-order valence-electron chi connectivity index (χ4n) is 2.23. The van der Waals surface area contributed by atoms with Gasteiger partial charge in [-0.1, -0.05) is 35.5 Å². The molecule has 2 N–H and O–H groups in total. The van der Waals surface area contributed by atoms with Gasteiger partial charge in [0.25, 0.3) is 0 Å². The Balaban J connectivity index is 2.75. The van der Waals surface area contributed by atoms with Crippen LogP contribution in [0.25, 0.3) is 0 Å². The molecule has 0 aromatic carbocycles. The first-order valence-electron chi connectivity index (χ1n) is 7.30. The van der Waals surface area contributed by atoms with Gasteiger partial charge in [-0.15, -0.1) is 0 Å². The summed E-state index contributed by atoms with van der Waals surface area (Å²) in [6.45, 7) is 6.08. The van der Waals surface area contributed by atoms with Crippen molar-refractivity contribution in [2.45, 2.75) is 71.0 Å². The Morgan fingerprint density at radius 2 is 1.74 bits per heavy atom. The van der Waals surface area contributed by atoms with Gasteiger partial charge in [0.05, 0.1) is 11.7 Å². The molecule has 19 heavy (non-hydrogen) atoms. The largest absolute Gasteiger partial charge is 0.389 e. The number of allylic oxidation sites excluding steroid dienone is 4. The first-order valence-corrected chi connectivity index (χ1v) is 7.30. The maximum absolute atomic E-state index is 10.2. The molecule has 1 aliphatic carbocycles. The van der Waals surface area contributed by atoms with Gasteiger partial charge in [-0.05, 0) is 59.3 Å². The van der Waals surface area contributed by atoms with Gasteiger partial charge in [0.2, 0.25) is 0 Å². The second kappa shape index (κ2) is 7.66. The van der Waals surface area contributed by atoms with E-state index < -0.39 is 11.7 Å². The summed E-state index contributed by atoms with van der Waals surface area (Å²) in [5.74, 6) is 0. The molecule has 0 fully saturated rings. The molecular formula is C17H28O2.